The van der Waals surface area contributed by atoms with Gasteiger partial charge in [0, 0.05) is 12.0 Å². The Morgan fingerprint density at radius 1 is 1.15 bits per heavy atom. The van der Waals surface area contributed by atoms with Crippen LogP contribution in [0.1, 0.15) is 80.2 Å². The second kappa shape index (κ2) is 9.62. The molecule has 4 rings (SSSR count). The van der Waals surface area contributed by atoms with Crippen LogP contribution >= 0.6 is 0 Å². The molecule has 1 atom stereocenters. The van der Waals surface area contributed by atoms with E-state index in [1.54, 1.807) is 12.1 Å². The Labute approximate surface area is 193 Å². The smallest absolute Gasteiger partial charge is 0.417 e. The van der Waals surface area contributed by atoms with E-state index in [1.165, 1.54) is 4.90 Å². The summed E-state index contributed by atoms with van der Waals surface area (Å²) in [6.45, 7) is 4.25. The van der Waals surface area contributed by atoms with Crippen molar-refractivity contribution in [3.05, 3.63) is 70.8 Å². The molecule has 2 fully saturated rings. The molecular formula is C27H31F2NO3. The van der Waals surface area contributed by atoms with E-state index >= 15 is 0 Å². The normalized spacial score (nSPS) is 25.4. The molecule has 2 aromatic rings. The minimum Gasteiger partial charge on any atom is -0.446 e. The lowest BCUT2D eigenvalue weighted by Crippen LogP contribution is -2.37. The van der Waals surface area contributed by atoms with E-state index in [1.807, 2.05) is 43.3 Å². The second-order valence-corrected chi connectivity index (χ2v) is 9.42. The highest BCUT2D eigenvalue weighted by Crippen LogP contribution is 2.46. The van der Waals surface area contributed by atoms with Crippen molar-refractivity contribution >= 4 is 12.0 Å². The molecule has 1 heterocycles. The van der Waals surface area contributed by atoms with Crippen molar-refractivity contribution in [3.63, 3.8) is 0 Å². The summed E-state index contributed by atoms with van der Waals surface area (Å²) in [6.07, 6.45) is 1.77. The molecule has 2 amide bonds. The van der Waals surface area contributed by atoms with E-state index < -0.39 is 12.5 Å². The van der Waals surface area contributed by atoms with E-state index in [9.17, 15) is 18.4 Å². The number of hydrogen-bond donors (Lipinski definition) is 0. The summed E-state index contributed by atoms with van der Waals surface area (Å²) in [5.74, 6) is 0.0143. The zero-order valence-electron chi connectivity index (χ0n) is 19.2. The number of alkyl halides is 2. The number of aryl methyl sites for hydroxylation is 1. The maximum Gasteiger partial charge on any atom is 0.417 e. The highest BCUT2D eigenvalue weighted by atomic mass is 19.3. The molecule has 0 radical (unpaired) electrons. The van der Waals surface area contributed by atoms with Crippen LogP contribution in [0.5, 0.6) is 0 Å². The number of cyclic esters (lactones) is 1. The molecule has 33 heavy (non-hydrogen) atoms. The Morgan fingerprint density at radius 3 is 2.45 bits per heavy atom. The Hall–Kier alpha value is -2.76. The summed E-state index contributed by atoms with van der Waals surface area (Å²) in [4.78, 5) is 26.7. The number of amides is 2. The lowest BCUT2D eigenvalue weighted by Gasteiger charge is -2.41. The van der Waals surface area contributed by atoms with Crippen LogP contribution in [0.15, 0.2) is 48.5 Å². The summed E-state index contributed by atoms with van der Waals surface area (Å²) < 4.78 is 31.4. The van der Waals surface area contributed by atoms with Gasteiger partial charge in [0.1, 0.15) is 12.6 Å². The topological polar surface area (TPSA) is 46.6 Å². The summed E-state index contributed by atoms with van der Waals surface area (Å²) in [6, 6.07) is 14.1. The van der Waals surface area contributed by atoms with E-state index in [0.717, 1.165) is 48.8 Å². The average Bonchev–Trinajstić information content (AvgIpc) is 3.22. The van der Waals surface area contributed by atoms with Gasteiger partial charge in [0.15, 0.2) is 0 Å². The van der Waals surface area contributed by atoms with Crippen LogP contribution in [0.2, 0.25) is 0 Å². The van der Waals surface area contributed by atoms with E-state index in [2.05, 4.69) is 6.92 Å². The quantitative estimate of drug-likeness (QED) is 0.477. The van der Waals surface area contributed by atoms with Gasteiger partial charge in [-0.25, -0.2) is 18.5 Å². The van der Waals surface area contributed by atoms with Gasteiger partial charge < -0.3 is 4.74 Å². The van der Waals surface area contributed by atoms with Gasteiger partial charge in [-0.15, -0.1) is 0 Å². The molecule has 176 valence electrons. The number of rotatable bonds is 6. The number of nitrogens with zero attached hydrogens (tertiary/aromatic N) is 1. The van der Waals surface area contributed by atoms with Gasteiger partial charge in [-0.3, -0.25) is 4.79 Å². The lowest BCUT2D eigenvalue weighted by molar-refractivity contribution is -0.130. The molecule has 0 bridgehead atoms. The van der Waals surface area contributed by atoms with Crippen LogP contribution in [0.4, 0.5) is 13.6 Å². The van der Waals surface area contributed by atoms with E-state index in [-0.39, 0.29) is 35.5 Å². The van der Waals surface area contributed by atoms with Crippen molar-refractivity contribution in [1.29, 1.82) is 0 Å². The first kappa shape index (κ1) is 23.4. The Balaban J connectivity index is 1.43. The number of halogens is 2. The Bertz CT molecular complexity index is 1000. The minimum absolute atomic E-state index is 0.0522. The Kier molecular flexibility index (Phi) is 6.82. The Morgan fingerprint density at radius 2 is 1.85 bits per heavy atom. The van der Waals surface area contributed by atoms with E-state index in [4.69, 9.17) is 4.74 Å². The molecule has 0 aromatic heterocycles. The molecule has 0 spiro atoms. The summed E-state index contributed by atoms with van der Waals surface area (Å²) in [5.41, 5.74) is 2.96. The fraction of sp³-hybridized carbons (Fsp3) is 0.481. The van der Waals surface area contributed by atoms with Gasteiger partial charge in [0.25, 0.3) is 6.43 Å². The standard InChI is InChI=1S/C27H31F2NO3/c1-3-27(22-10-9-21(25(28)29)15-18(22)2)13-11-19(12-14-27)16-24(31)30-23(17-33-26(30)32)20-7-5-4-6-8-20/h4-10,15,19,23,25H,3,11-14,16-17H2,1-2H3/t19-,23-,27-/m1/s1. The molecule has 1 saturated carbocycles. The number of benzene rings is 2. The molecular weight excluding hydrogens is 424 g/mol. The highest BCUT2D eigenvalue weighted by molar-refractivity contribution is 5.93. The van der Waals surface area contributed by atoms with Crippen molar-refractivity contribution in [2.45, 2.75) is 70.3 Å². The fourth-order valence-corrected chi connectivity index (χ4v) is 5.63. The molecule has 2 aromatic carbocycles. The number of carbonyl (C=O) groups excluding carboxylic acids is 2. The first-order chi connectivity index (χ1) is 15.8. The predicted octanol–water partition coefficient (Wildman–Crippen LogP) is 6.88. The molecule has 6 heteroatoms. The monoisotopic (exact) mass is 455 g/mol. The maximum atomic E-state index is 13.1. The van der Waals surface area contributed by atoms with Crippen molar-refractivity contribution in [1.82, 2.24) is 4.90 Å². The summed E-state index contributed by atoms with van der Waals surface area (Å²) in [7, 11) is 0. The van der Waals surface area contributed by atoms with Crippen LogP contribution in [0.25, 0.3) is 0 Å². The van der Waals surface area contributed by atoms with Crippen LogP contribution < -0.4 is 0 Å². The average molecular weight is 456 g/mol. The lowest BCUT2D eigenvalue weighted by atomic mass is 9.64. The maximum absolute atomic E-state index is 13.1. The third kappa shape index (κ3) is 4.66. The van der Waals surface area contributed by atoms with Gasteiger partial charge >= 0.3 is 6.09 Å². The third-order valence-corrected chi connectivity index (χ3v) is 7.60. The zero-order chi connectivity index (χ0) is 23.6. The van der Waals surface area contributed by atoms with Crippen molar-refractivity contribution in [2.24, 2.45) is 5.92 Å². The molecule has 2 aliphatic rings. The van der Waals surface area contributed by atoms with Crippen LogP contribution in [0.3, 0.4) is 0 Å². The van der Waals surface area contributed by atoms with Gasteiger partial charge in [0.2, 0.25) is 5.91 Å². The zero-order valence-corrected chi connectivity index (χ0v) is 19.2. The first-order valence-corrected chi connectivity index (χ1v) is 11.8. The van der Waals surface area contributed by atoms with E-state index in [0.29, 0.717) is 6.42 Å². The minimum atomic E-state index is -2.46. The summed E-state index contributed by atoms with van der Waals surface area (Å²) in [5, 5.41) is 0. The third-order valence-electron chi connectivity index (χ3n) is 7.60. The molecule has 1 aliphatic carbocycles. The van der Waals surface area contributed by atoms with Gasteiger partial charge in [-0.05, 0) is 67.1 Å². The van der Waals surface area contributed by atoms with Gasteiger partial charge in [0.05, 0.1) is 0 Å². The summed E-state index contributed by atoms with van der Waals surface area (Å²) >= 11 is 0. The van der Waals surface area contributed by atoms with Crippen molar-refractivity contribution in [3.8, 4) is 0 Å². The second-order valence-electron chi connectivity index (χ2n) is 9.42. The number of hydrogen-bond acceptors (Lipinski definition) is 3. The molecule has 1 aliphatic heterocycles. The SMILES string of the molecule is CC[C@]1(c2ccc(C(F)F)cc2C)CC[C@H](CC(=O)N2C(=O)OC[C@@H]2c2ccccc2)CC1. The fourth-order valence-electron chi connectivity index (χ4n) is 5.63. The van der Waals surface area contributed by atoms with Gasteiger partial charge in [-0.1, -0.05) is 55.5 Å². The molecule has 4 nitrogen and oxygen atoms in total. The molecule has 1 saturated heterocycles. The number of ether oxygens (including phenoxy) is 1. The van der Waals surface area contributed by atoms with Gasteiger partial charge in [-0.2, -0.15) is 0 Å². The first-order valence-electron chi connectivity index (χ1n) is 11.8. The van der Waals surface area contributed by atoms with Crippen LogP contribution in [0, 0.1) is 12.8 Å². The number of imide groups is 1. The largest absolute Gasteiger partial charge is 0.446 e. The predicted molar refractivity (Wildman–Crippen MR) is 122 cm³/mol. The number of carbonyl (C=O) groups is 2. The molecule has 0 unspecified atom stereocenters. The van der Waals surface area contributed by atoms with Crippen LogP contribution in [-0.2, 0) is 14.9 Å². The highest BCUT2D eigenvalue weighted by Gasteiger charge is 2.41. The van der Waals surface area contributed by atoms with Crippen LogP contribution in [-0.4, -0.2) is 23.5 Å². The van der Waals surface area contributed by atoms with Crippen molar-refractivity contribution in [2.75, 3.05) is 6.61 Å². The van der Waals surface area contributed by atoms with Crippen molar-refractivity contribution < 1.29 is 23.1 Å². The molecule has 0 N–H and O–H groups in total.